The number of esters is 1. The lowest BCUT2D eigenvalue weighted by Crippen LogP contribution is -2.10. The van der Waals surface area contributed by atoms with E-state index in [2.05, 4.69) is 5.10 Å². The average Bonchev–Trinajstić information content (AvgIpc) is 3.05. The van der Waals surface area contributed by atoms with Gasteiger partial charge in [0.15, 0.2) is 15.5 Å². The lowest BCUT2D eigenvalue weighted by Gasteiger charge is -2.08. The van der Waals surface area contributed by atoms with Gasteiger partial charge < -0.3 is 4.74 Å². The second-order valence-electron chi connectivity index (χ2n) is 5.33. The van der Waals surface area contributed by atoms with E-state index in [-0.39, 0.29) is 16.3 Å². The summed E-state index contributed by atoms with van der Waals surface area (Å²) in [6.45, 7) is 0. The molecule has 0 N–H and O–H groups in total. The summed E-state index contributed by atoms with van der Waals surface area (Å²) in [7, 11) is -2.32. The van der Waals surface area contributed by atoms with Crippen molar-refractivity contribution in [3.63, 3.8) is 0 Å². The molecule has 2 aromatic carbocycles. The number of sulfone groups is 1. The van der Waals surface area contributed by atoms with E-state index < -0.39 is 15.8 Å². The lowest BCUT2D eigenvalue weighted by molar-refractivity contribution is 0.0593. The zero-order chi connectivity index (χ0) is 17.9. The van der Waals surface area contributed by atoms with Crippen molar-refractivity contribution in [2.24, 2.45) is 0 Å². The summed E-state index contributed by atoms with van der Waals surface area (Å²) in [5.74, 6) is -0.899. The first kappa shape index (κ1) is 16.9. The topological polar surface area (TPSA) is 78.3 Å². The van der Waals surface area contributed by atoms with Gasteiger partial charge in [-0.15, -0.1) is 0 Å². The Morgan fingerprint density at radius 3 is 2.24 bits per heavy atom. The zero-order valence-corrected chi connectivity index (χ0v) is 14.3. The highest BCUT2D eigenvalue weighted by molar-refractivity contribution is 7.90. The molecule has 1 aromatic heterocycles. The number of ether oxygens (including phenoxy) is 1. The molecule has 0 bridgehead atoms. The highest BCUT2D eigenvalue weighted by Gasteiger charge is 2.22. The maximum atomic E-state index is 12.7. The van der Waals surface area contributed by atoms with Crippen LogP contribution in [0.2, 0.25) is 0 Å². The highest BCUT2D eigenvalue weighted by Crippen LogP contribution is 2.20. The third kappa shape index (κ3) is 3.61. The third-order valence-corrected chi connectivity index (χ3v) is 5.28. The predicted molar refractivity (Wildman–Crippen MR) is 92.2 cm³/mol. The number of hydrogen-bond acceptors (Lipinski definition) is 5. The molecule has 7 heteroatoms. The summed E-state index contributed by atoms with van der Waals surface area (Å²) in [6.07, 6.45) is 0. The van der Waals surface area contributed by atoms with E-state index in [4.69, 9.17) is 4.74 Å². The third-order valence-electron chi connectivity index (χ3n) is 3.62. The Labute approximate surface area is 145 Å². The van der Waals surface area contributed by atoms with Gasteiger partial charge in [0.25, 0.3) is 0 Å². The predicted octanol–water partition coefficient (Wildman–Crippen LogP) is 2.63. The van der Waals surface area contributed by atoms with Crippen LogP contribution in [0.4, 0.5) is 0 Å². The summed E-state index contributed by atoms with van der Waals surface area (Å²) in [6, 6.07) is 18.6. The van der Waals surface area contributed by atoms with Crippen molar-refractivity contribution in [3.8, 4) is 5.69 Å². The summed E-state index contributed by atoms with van der Waals surface area (Å²) in [5.41, 5.74) is 1.11. The van der Waals surface area contributed by atoms with Gasteiger partial charge in [0.2, 0.25) is 0 Å². The number of rotatable bonds is 5. The van der Waals surface area contributed by atoms with Crippen molar-refractivity contribution < 1.29 is 17.9 Å². The molecule has 3 aromatic rings. The molecule has 0 radical (unpaired) electrons. The fourth-order valence-corrected chi connectivity index (χ4v) is 3.76. The molecule has 0 saturated carbocycles. The number of aromatic nitrogens is 2. The molecular formula is C18H16N2O4S. The van der Waals surface area contributed by atoms with Crippen LogP contribution >= 0.6 is 0 Å². The van der Waals surface area contributed by atoms with Crippen LogP contribution in [0.15, 0.2) is 71.6 Å². The van der Waals surface area contributed by atoms with Crippen molar-refractivity contribution in [3.05, 3.63) is 78.1 Å². The smallest absolute Gasteiger partial charge is 0.358 e. The van der Waals surface area contributed by atoms with Gasteiger partial charge in [0.1, 0.15) is 0 Å². The van der Waals surface area contributed by atoms with Gasteiger partial charge in [0, 0.05) is 0 Å². The SMILES string of the molecule is COC(=O)c1cc(CS(=O)(=O)c2ccccc2)n(-c2ccccc2)n1. The van der Waals surface area contributed by atoms with Crippen LogP contribution < -0.4 is 0 Å². The molecule has 0 aliphatic carbocycles. The number of benzene rings is 2. The maximum Gasteiger partial charge on any atom is 0.358 e. The fraction of sp³-hybridized carbons (Fsp3) is 0.111. The molecule has 0 amide bonds. The number of carbonyl (C=O) groups is 1. The van der Waals surface area contributed by atoms with Crippen molar-refractivity contribution in [1.82, 2.24) is 9.78 Å². The quantitative estimate of drug-likeness (QED) is 0.657. The maximum absolute atomic E-state index is 12.7. The van der Waals surface area contributed by atoms with Crippen LogP contribution in [0.25, 0.3) is 5.69 Å². The number of carbonyl (C=O) groups excluding carboxylic acids is 1. The van der Waals surface area contributed by atoms with Crippen molar-refractivity contribution in [1.29, 1.82) is 0 Å². The van der Waals surface area contributed by atoms with Crippen LogP contribution in [0.1, 0.15) is 16.2 Å². The first-order chi connectivity index (χ1) is 12.0. The van der Waals surface area contributed by atoms with Crippen molar-refractivity contribution >= 4 is 15.8 Å². The van der Waals surface area contributed by atoms with E-state index in [9.17, 15) is 13.2 Å². The zero-order valence-electron chi connectivity index (χ0n) is 13.5. The Kier molecular flexibility index (Phi) is 4.67. The summed E-state index contributed by atoms with van der Waals surface area (Å²) >= 11 is 0. The van der Waals surface area contributed by atoms with Gasteiger partial charge in [-0.1, -0.05) is 36.4 Å². The minimum atomic E-state index is -3.58. The van der Waals surface area contributed by atoms with E-state index in [1.165, 1.54) is 17.9 Å². The Bertz CT molecular complexity index is 980. The molecule has 25 heavy (non-hydrogen) atoms. The normalized spacial score (nSPS) is 11.2. The molecule has 128 valence electrons. The average molecular weight is 356 g/mol. The van der Waals surface area contributed by atoms with Crippen LogP contribution in [0, 0.1) is 0 Å². The van der Waals surface area contributed by atoms with Gasteiger partial charge in [-0.3, -0.25) is 0 Å². The molecule has 0 atom stereocenters. The van der Waals surface area contributed by atoms with E-state index in [0.29, 0.717) is 11.4 Å². The molecule has 0 spiro atoms. The van der Waals surface area contributed by atoms with Gasteiger partial charge >= 0.3 is 5.97 Å². The molecule has 1 heterocycles. The number of para-hydroxylation sites is 1. The second-order valence-corrected chi connectivity index (χ2v) is 7.32. The molecule has 0 unspecified atom stereocenters. The standard InChI is InChI=1S/C18H16N2O4S/c1-24-18(21)17-12-15(20(19-17)14-8-4-2-5-9-14)13-25(22,23)16-10-6-3-7-11-16/h2-12H,13H2,1H3. The Balaban J connectivity index is 2.06. The van der Waals surface area contributed by atoms with Crippen LogP contribution in [-0.2, 0) is 20.3 Å². The van der Waals surface area contributed by atoms with Gasteiger partial charge in [-0.05, 0) is 30.3 Å². The van der Waals surface area contributed by atoms with Crippen molar-refractivity contribution in [2.45, 2.75) is 10.6 Å². The molecule has 3 rings (SSSR count). The monoisotopic (exact) mass is 356 g/mol. The molecular weight excluding hydrogens is 340 g/mol. The molecule has 6 nitrogen and oxygen atoms in total. The Morgan fingerprint density at radius 2 is 1.64 bits per heavy atom. The molecule has 0 aliphatic rings. The van der Waals surface area contributed by atoms with Gasteiger partial charge in [0.05, 0.1) is 29.1 Å². The first-order valence-electron chi connectivity index (χ1n) is 7.52. The highest BCUT2D eigenvalue weighted by atomic mass is 32.2. The van der Waals surface area contributed by atoms with E-state index in [0.717, 1.165) is 0 Å². The molecule has 0 aliphatic heterocycles. The minimum absolute atomic E-state index is 0.0598. The Morgan fingerprint density at radius 1 is 1.04 bits per heavy atom. The molecule has 0 saturated heterocycles. The minimum Gasteiger partial charge on any atom is -0.464 e. The van der Waals surface area contributed by atoms with Gasteiger partial charge in [-0.2, -0.15) is 5.10 Å². The van der Waals surface area contributed by atoms with E-state index in [1.807, 2.05) is 18.2 Å². The summed E-state index contributed by atoms with van der Waals surface area (Å²) in [4.78, 5) is 12.0. The number of methoxy groups -OCH3 is 1. The van der Waals surface area contributed by atoms with Crippen LogP contribution in [0.3, 0.4) is 0 Å². The second kappa shape index (κ2) is 6.90. The lowest BCUT2D eigenvalue weighted by atomic mass is 10.3. The first-order valence-corrected chi connectivity index (χ1v) is 9.17. The summed E-state index contributed by atoms with van der Waals surface area (Å²) in [5, 5.41) is 4.21. The van der Waals surface area contributed by atoms with Crippen LogP contribution in [-0.4, -0.2) is 31.3 Å². The van der Waals surface area contributed by atoms with Crippen molar-refractivity contribution in [2.75, 3.05) is 7.11 Å². The molecule has 0 fully saturated rings. The van der Waals surface area contributed by atoms with Gasteiger partial charge in [-0.25, -0.2) is 17.9 Å². The number of hydrogen-bond donors (Lipinski definition) is 0. The fourth-order valence-electron chi connectivity index (χ4n) is 2.43. The Hall–Kier alpha value is -2.93. The van der Waals surface area contributed by atoms with E-state index in [1.54, 1.807) is 42.5 Å². The number of nitrogens with zero attached hydrogens (tertiary/aromatic N) is 2. The largest absolute Gasteiger partial charge is 0.464 e. The van der Waals surface area contributed by atoms with E-state index >= 15 is 0 Å². The van der Waals surface area contributed by atoms with Crippen LogP contribution in [0.5, 0.6) is 0 Å². The summed E-state index contributed by atoms with van der Waals surface area (Å²) < 4.78 is 31.5.